The summed E-state index contributed by atoms with van der Waals surface area (Å²) >= 11 is 0. The van der Waals surface area contributed by atoms with Gasteiger partial charge in [-0.1, -0.05) is 60.7 Å². The Morgan fingerprint density at radius 3 is 1.82 bits per heavy atom. The first-order valence-corrected chi connectivity index (χ1v) is 7.71. The highest BCUT2D eigenvalue weighted by atomic mass is 14.2. The summed E-state index contributed by atoms with van der Waals surface area (Å²) in [5.41, 5.74) is 0. The van der Waals surface area contributed by atoms with Crippen molar-refractivity contribution in [3.63, 3.8) is 0 Å². The Labute approximate surface area is 127 Å². The summed E-state index contributed by atoms with van der Waals surface area (Å²) in [5.74, 6) is 0. The molecule has 0 saturated carbocycles. The number of hydrogen-bond donors (Lipinski definition) is 0. The van der Waals surface area contributed by atoms with Crippen LogP contribution < -0.4 is 0 Å². The summed E-state index contributed by atoms with van der Waals surface area (Å²) in [6.07, 6.45) is 0. The maximum Gasteiger partial charge on any atom is -0.00141 e. The maximum absolute atomic E-state index is 2.33. The lowest BCUT2D eigenvalue weighted by Gasteiger charge is -2.16. The lowest BCUT2D eigenvalue weighted by molar-refractivity contribution is 1.79. The van der Waals surface area contributed by atoms with E-state index in [1.54, 1.807) is 0 Å². The standard InChI is InChI=1S/C22H12/c1-2-4-19-18(3-1)20-10-9-17-15-7-5-14-12-16(21(17)22(19)20)8-6-13(14)11-15/h1-12H. The molecule has 0 aliphatic heterocycles. The minimum atomic E-state index is 1.33. The van der Waals surface area contributed by atoms with Gasteiger partial charge in [0.05, 0.1) is 0 Å². The summed E-state index contributed by atoms with van der Waals surface area (Å²) in [6, 6.07) is 27.0. The lowest BCUT2D eigenvalue weighted by atomic mass is 9.87. The van der Waals surface area contributed by atoms with E-state index < -0.39 is 0 Å². The highest BCUT2D eigenvalue weighted by Gasteiger charge is 2.14. The van der Waals surface area contributed by atoms with Crippen LogP contribution in [0.5, 0.6) is 0 Å². The van der Waals surface area contributed by atoms with Crippen LogP contribution in [0.15, 0.2) is 72.8 Å². The van der Waals surface area contributed by atoms with Gasteiger partial charge in [-0.2, -0.15) is 0 Å². The maximum atomic E-state index is 2.33. The molecule has 0 nitrogen and oxygen atoms in total. The van der Waals surface area contributed by atoms with E-state index in [0.717, 1.165) is 0 Å². The van der Waals surface area contributed by atoms with Crippen molar-refractivity contribution >= 4 is 53.9 Å². The summed E-state index contributed by atoms with van der Waals surface area (Å²) in [6.45, 7) is 0. The molecule has 100 valence electrons. The quantitative estimate of drug-likeness (QED) is 0.304. The molecule has 0 radical (unpaired) electrons. The molecule has 22 heavy (non-hydrogen) atoms. The predicted octanol–water partition coefficient (Wildman–Crippen LogP) is 6.33. The van der Waals surface area contributed by atoms with Gasteiger partial charge in [-0.3, -0.25) is 0 Å². The predicted molar refractivity (Wildman–Crippen MR) is 96.3 cm³/mol. The van der Waals surface area contributed by atoms with E-state index >= 15 is 0 Å². The average molecular weight is 276 g/mol. The van der Waals surface area contributed by atoms with Crippen molar-refractivity contribution in [2.24, 2.45) is 0 Å². The Morgan fingerprint density at radius 1 is 0.364 bits per heavy atom. The molecule has 0 aliphatic carbocycles. The van der Waals surface area contributed by atoms with Crippen LogP contribution in [0.1, 0.15) is 0 Å². The normalized spacial score (nSPS) is 12.5. The summed E-state index contributed by atoms with van der Waals surface area (Å²) in [5, 5.41) is 13.7. The molecule has 0 atom stereocenters. The Bertz CT molecular complexity index is 1290. The minimum absolute atomic E-state index is 1.33. The molecule has 0 amide bonds. The molecule has 0 N–H and O–H groups in total. The fourth-order valence-corrected chi connectivity index (χ4v) is 4.09. The fourth-order valence-electron chi connectivity index (χ4n) is 4.09. The molecule has 4 bridgehead atoms. The van der Waals surface area contributed by atoms with Gasteiger partial charge in [-0.25, -0.2) is 0 Å². The molecule has 0 saturated heterocycles. The molecule has 0 heterocycles. The van der Waals surface area contributed by atoms with Crippen molar-refractivity contribution in [1.29, 1.82) is 0 Å². The summed E-state index contributed by atoms with van der Waals surface area (Å²) in [7, 11) is 0. The number of hydrogen-bond acceptors (Lipinski definition) is 0. The van der Waals surface area contributed by atoms with E-state index in [1.165, 1.54) is 53.9 Å². The zero-order valence-electron chi connectivity index (χ0n) is 11.9. The van der Waals surface area contributed by atoms with Crippen LogP contribution in [0.25, 0.3) is 53.9 Å². The van der Waals surface area contributed by atoms with Gasteiger partial charge in [-0.05, 0) is 66.0 Å². The molecule has 0 fully saturated rings. The first-order valence-electron chi connectivity index (χ1n) is 7.71. The average Bonchev–Trinajstić information content (AvgIpc) is 2.55. The van der Waals surface area contributed by atoms with Crippen LogP contribution in [-0.2, 0) is 0 Å². The second-order valence-corrected chi connectivity index (χ2v) is 6.23. The third-order valence-electron chi connectivity index (χ3n) is 5.13. The SMILES string of the molecule is c1ccc2c(c1)c1ccc3c4ccc5cc(ccc5c4)c3c21. The van der Waals surface area contributed by atoms with Gasteiger partial charge >= 0.3 is 0 Å². The Morgan fingerprint density at radius 2 is 0.955 bits per heavy atom. The van der Waals surface area contributed by atoms with Crippen LogP contribution in [0.4, 0.5) is 0 Å². The van der Waals surface area contributed by atoms with E-state index in [4.69, 9.17) is 0 Å². The van der Waals surface area contributed by atoms with E-state index in [-0.39, 0.29) is 0 Å². The summed E-state index contributed by atoms with van der Waals surface area (Å²) < 4.78 is 0. The van der Waals surface area contributed by atoms with Crippen molar-refractivity contribution in [3.05, 3.63) is 72.8 Å². The van der Waals surface area contributed by atoms with Crippen molar-refractivity contribution in [2.45, 2.75) is 0 Å². The van der Waals surface area contributed by atoms with E-state index in [0.29, 0.717) is 0 Å². The van der Waals surface area contributed by atoms with Gasteiger partial charge in [0.15, 0.2) is 0 Å². The van der Waals surface area contributed by atoms with Gasteiger partial charge in [0.25, 0.3) is 0 Å². The Kier molecular flexibility index (Phi) is 1.71. The van der Waals surface area contributed by atoms with Crippen molar-refractivity contribution < 1.29 is 0 Å². The second-order valence-electron chi connectivity index (χ2n) is 6.23. The zero-order chi connectivity index (χ0) is 14.3. The fraction of sp³-hybridized carbons (Fsp3) is 0. The molecule has 0 spiro atoms. The molecule has 0 unspecified atom stereocenters. The molecule has 0 heteroatoms. The topological polar surface area (TPSA) is 0 Å². The van der Waals surface area contributed by atoms with Crippen LogP contribution in [0, 0.1) is 0 Å². The highest BCUT2D eigenvalue weighted by molar-refractivity contribution is 6.37. The van der Waals surface area contributed by atoms with E-state index in [1.807, 2.05) is 0 Å². The summed E-state index contributed by atoms with van der Waals surface area (Å²) in [4.78, 5) is 0. The van der Waals surface area contributed by atoms with E-state index in [2.05, 4.69) is 72.8 Å². The number of rotatable bonds is 0. The largest absolute Gasteiger partial charge is 0.0616 e. The molecule has 7 aromatic carbocycles. The zero-order valence-corrected chi connectivity index (χ0v) is 11.9. The third-order valence-corrected chi connectivity index (χ3v) is 5.13. The third kappa shape index (κ3) is 1.12. The van der Waals surface area contributed by atoms with Crippen molar-refractivity contribution in [3.8, 4) is 0 Å². The molecule has 0 aliphatic rings. The van der Waals surface area contributed by atoms with E-state index in [9.17, 15) is 0 Å². The highest BCUT2D eigenvalue weighted by Crippen LogP contribution is 2.42. The number of fused-ring (bicyclic) bond motifs is 6. The van der Waals surface area contributed by atoms with Crippen LogP contribution in [0.3, 0.4) is 0 Å². The Balaban J connectivity index is 2.04. The van der Waals surface area contributed by atoms with Gasteiger partial charge in [0.2, 0.25) is 0 Å². The van der Waals surface area contributed by atoms with Gasteiger partial charge < -0.3 is 0 Å². The first kappa shape index (κ1) is 10.8. The molecular formula is C22H12. The lowest BCUT2D eigenvalue weighted by Crippen LogP contribution is -1.88. The van der Waals surface area contributed by atoms with Gasteiger partial charge in [0.1, 0.15) is 0 Å². The second kappa shape index (κ2) is 3.48. The number of benzene rings is 4. The molecule has 7 rings (SSSR count). The van der Waals surface area contributed by atoms with Crippen molar-refractivity contribution in [2.75, 3.05) is 0 Å². The van der Waals surface area contributed by atoms with Crippen LogP contribution in [-0.4, -0.2) is 0 Å². The van der Waals surface area contributed by atoms with Gasteiger partial charge in [0, 0.05) is 0 Å². The monoisotopic (exact) mass is 276 g/mol. The van der Waals surface area contributed by atoms with Crippen LogP contribution in [0.2, 0.25) is 0 Å². The molecule has 0 aromatic heterocycles. The van der Waals surface area contributed by atoms with Crippen molar-refractivity contribution in [1.82, 2.24) is 0 Å². The Hall–Kier alpha value is -2.86. The van der Waals surface area contributed by atoms with Gasteiger partial charge in [-0.15, -0.1) is 0 Å². The van der Waals surface area contributed by atoms with Crippen LogP contribution >= 0.6 is 0 Å². The molecule has 7 aromatic rings. The first-order chi connectivity index (χ1) is 10.9. The smallest absolute Gasteiger partial charge is 0.00141 e. The molecular weight excluding hydrogens is 264 g/mol. The minimum Gasteiger partial charge on any atom is -0.0616 e.